The van der Waals surface area contributed by atoms with Crippen LogP contribution >= 0.6 is 0 Å². The number of carbonyl (C=O) groups excluding carboxylic acids is 2. The summed E-state index contributed by atoms with van der Waals surface area (Å²) in [5.41, 5.74) is 1.38. The number of esters is 1. The highest BCUT2D eigenvalue weighted by Crippen LogP contribution is 2.28. The summed E-state index contributed by atoms with van der Waals surface area (Å²) in [6.45, 7) is 5.71. The van der Waals surface area contributed by atoms with Gasteiger partial charge in [-0.3, -0.25) is 4.79 Å². The summed E-state index contributed by atoms with van der Waals surface area (Å²) in [4.78, 5) is 28.4. The van der Waals surface area contributed by atoms with Gasteiger partial charge in [-0.25, -0.2) is 4.79 Å². The van der Waals surface area contributed by atoms with E-state index in [4.69, 9.17) is 13.9 Å². The van der Waals surface area contributed by atoms with Crippen LogP contribution in [-0.2, 0) is 9.53 Å². The SMILES string of the molecule is COc1ccccc1N1CCN(C(=O)COC(=O)c2cc(C)oc2C)CC1. The number of hydrogen-bond donors (Lipinski definition) is 0. The normalized spacial score (nSPS) is 14.2. The predicted octanol–water partition coefficient (Wildman–Crippen LogP) is 2.41. The van der Waals surface area contributed by atoms with Crippen molar-refractivity contribution in [2.45, 2.75) is 13.8 Å². The molecule has 7 nitrogen and oxygen atoms in total. The van der Waals surface area contributed by atoms with Crippen molar-refractivity contribution in [2.24, 2.45) is 0 Å². The van der Waals surface area contributed by atoms with Crippen LogP contribution in [0.15, 0.2) is 34.7 Å². The molecule has 1 aliphatic heterocycles. The number of carbonyl (C=O) groups is 2. The Balaban J connectivity index is 1.51. The third-order valence-corrected chi connectivity index (χ3v) is 4.65. The number of rotatable bonds is 5. The van der Waals surface area contributed by atoms with E-state index in [1.165, 1.54) is 0 Å². The van der Waals surface area contributed by atoms with Gasteiger partial charge in [0.1, 0.15) is 22.8 Å². The first-order valence-corrected chi connectivity index (χ1v) is 8.89. The molecule has 144 valence electrons. The quantitative estimate of drug-likeness (QED) is 0.751. The van der Waals surface area contributed by atoms with Crippen LogP contribution in [0.5, 0.6) is 5.75 Å². The van der Waals surface area contributed by atoms with Crippen LogP contribution in [0.2, 0.25) is 0 Å². The van der Waals surface area contributed by atoms with Gasteiger partial charge in [0.25, 0.3) is 5.91 Å². The average molecular weight is 372 g/mol. The van der Waals surface area contributed by atoms with E-state index in [0.717, 1.165) is 11.4 Å². The predicted molar refractivity (Wildman–Crippen MR) is 100 cm³/mol. The van der Waals surface area contributed by atoms with Crippen molar-refractivity contribution in [1.82, 2.24) is 4.90 Å². The number of aryl methyl sites for hydroxylation is 2. The van der Waals surface area contributed by atoms with Crippen molar-refractivity contribution in [3.8, 4) is 5.75 Å². The minimum Gasteiger partial charge on any atom is -0.495 e. The number of furan rings is 1. The number of para-hydroxylation sites is 2. The molecule has 0 unspecified atom stereocenters. The van der Waals surface area contributed by atoms with Gasteiger partial charge in [-0.15, -0.1) is 0 Å². The standard InChI is InChI=1S/C20H24N2O5/c1-14-12-16(15(2)27-14)20(24)26-13-19(23)22-10-8-21(9-11-22)17-6-4-5-7-18(17)25-3/h4-7,12H,8-11,13H2,1-3H3. The zero-order chi connectivity index (χ0) is 19.4. The van der Waals surface area contributed by atoms with Crippen LogP contribution in [0.4, 0.5) is 5.69 Å². The molecule has 1 aliphatic rings. The summed E-state index contributed by atoms with van der Waals surface area (Å²) >= 11 is 0. The van der Waals surface area contributed by atoms with Gasteiger partial charge in [0.2, 0.25) is 0 Å². The van der Waals surface area contributed by atoms with Crippen molar-refractivity contribution in [3.63, 3.8) is 0 Å². The fraction of sp³-hybridized carbons (Fsp3) is 0.400. The molecule has 1 aromatic heterocycles. The van der Waals surface area contributed by atoms with Gasteiger partial charge in [-0.05, 0) is 32.0 Å². The minimum absolute atomic E-state index is 0.194. The Bertz CT molecular complexity index is 822. The Labute approximate surface area is 158 Å². The molecule has 1 aromatic carbocycles. The first-order chi connectivity index (χ1) is 13.0. The Kier molecular flexibility index (Phi) is 5.69. The molecular weight excluding hydrogens is 348 g/mol. The highest BCUT2D eigenvalue weighted by molar-refractivity contribution is 5.92. The molecule has 1 saturated heterocycles. The van der Waals surface area contributed by atoms with Gasteiger partial charge < -0.3 is 23.7 Å². The third kappa shape index (κ3) is 4.24. The summed E-state index contributed by atoms with van der Waals surface area (Å²) in [6.07, 6.45) is 0. The molecule has 1 fully saturated rings. The molecule has 0 aliphatic carbocycles. The lowest BCUT2D eigenvalue weighted by Gasteiger charge is -2.36. The third-order valence-electron chi connectivity index (χ3n) is 4.65. The van der Waals surface area contributed by atoms with Crippen LogP contribution in [0.25, 0.3) is 0 Å². The van der Waals surface area contributed by atoms with E-state index in [2.05, 4.69) is 4.90 Å². The van der Waals surface area contributed by atoms with Gasteiger partial charge in [-0.1, -0.05) is 12.1 Å². The second kappa shape index (κ2) is 8.16. The molecule has 0 N–H and O–H groups in total. The molecule has 1 amide bonds. The lowest BCUT2D eigenvalue weighted by atomic mass is 10.2. The summed E-state index contributed by atoms with van der Waals surface area (Å²) in [5, 5.41) is 0. The van der Waals surface area contributed by atoms with E-state index in [1.54, 1.807) is 31.9 Å². The Morgan fingerprint density at radius 1 is 1.11 bits per heavy atom. The maximum atomic E-state index is 12.4. The lowest BCUT2D eigenvalue weighted by Crippen LogP contribution is -2.50. The second-order valence-electron chi connectivity index (χ2n) is 6.44. The van der Waals surface area contributed by atoms with Crippen molar-refractivity contribution < 1.29 is 23.5 Å². The first-order valence-electron chi connectivity index (χ1n) is 8.89. The Morgan fingerprint density at radius 3 is 2.44 bits per heavy atom. The van der Waals surface area contributed by atoms with E-state index in [0.29, 0.717) is 43.3 Å². The zero-order valence-corrected chi connectivity index (χ0v) is 15.9. The van der Waals surface area contributed by atoms with E-state index in [-0.39, 0.29) is 12.5 Å². The van der Waals surface area contributed by atoms with E-state index >= 15 is 0 Å². The number of hydrogen-bond acceptors (Lipinski definition) is 6. The molecule has 0 bridgehead atoms. The lowest BCUT2D eigenvalue weighted by molar-refractivity contribution is -0.134. The molecule has 0 atom stereocenters. The molecule has 2 heterocycles. The number of nitrogens with zero attached hydrogens (tertiary/aromatic N) is 2. The van der Waals surface area contributed by atoms with Crippen LogP contribution in [0, 0.1) is 13.8 Å². The molecule has 0 spiro atoms. The summed E-state index contributed by atoms with van der Waals surface area (Å²) in [7, 11) is 1.65. The van der Waals surface area contributed by atoms with E-state index in [1.807, 2.05) is 24.3 Å². The van der Waals surface area contributed by atoms with Crippen molar-refractivity contribution in [1.29, 1.82) is 0 Å². The molecule has 7 heteroatoms. The van der Waals surface area contributed by atoms with Gasteiger partial charge in [0.05, 0.1) is 12.8 Å². The molecule has 3 rings (SSSR count). The molecule has 0 radical (unpaired) electrons. The number of ether oxygens (including phenoxy) is 2. The molecular formula is C20H24N2O5. The summed E-state index contributed by atoms with van der Waals surface area (Å²) in [6, 6.07) is 9.45. The van der Waals surface area contributed by atoms with Crippen molar-refractivity contribution >= 4 is 17.6 Å². The Hall–Kier alpha value is -2.96. The number of amides is 1. The van der Waals surface area contributed by atoms with Gasteiger partial charge in [0, 0.05) is 26.2 Å². The highest BCUT2D eigenvalue weighted by Gasteiger charge is 2.24. The van der Waals surface area contributed by atoms with Crippen molar-refractivity contribution in [2.75, 3.05) is 44.8 Å². The fourth-order valence-corrected chi connectivity index (χ4v) is 3.22. The average Bonchev–Trinajstić information content (AvgIpc) is 3.04. The molecule has 2 aromatic rings. The van der Waals surface area contributed by atoms with Gasteiger partial charge in [-0.2, -0.15) is 0 Å². The van der Waals surface area contributed by atoms with Gasteiger partial charge >= 0.3 is 5.97 Å². The Morgan fingerprint density at radius 2 is 1.81 bits per heavy atom. The fourth-order valence-electron chi connectivity index (χ4n) is 3.22. The maximum Gasteiger partial charge on any atom is 0.342 e. The summed E-state index contributed by atoms with van der Waals surface area (Å²) in [5.74, 6) is 1.22. The second-order valence-corrected chi connectivity index (χ2v) is 6.44. The number of anilines is 1. The number of methoxy groups -OCH3 is 1. The van der Waals surface area contributed by atoms with Crippen LogP contribution < -0.4 is 9.64 Å². The molecule has 27 heavy (non-hydrogen) atoms. The smallest absolute Gasteiger partial charge is 0.342 e. The highest BCUT2D eigenvalue weighted by atomic mass is 16.5. The number of piperazine rings is 1. The van der Waals surface area contributed by atoms with Gasteiger partial charge in [0.15, 0.2) is 6.61 Å². The maximum absolute atomic E-state index is 12.4. The number of benzene rings is 1. The van der Waals surface area contributed by atoms with E-state index in [9.17, 15) is 9.59 Å². The van der Waals surface area contributed by atoms with Crippen LogP contribution in [-0.4, -0.2) is 56.7 Å². The van der Waals surface area contributed by atoms with Crippen molar-refractivity contribution in [3.05, 3.63) is 47.4 Å². The first kappa shape index (κ1) is 18.8. The minimum atomic E-state index is -0.537. The zero-order valence-electron chi connectivity index (χ0n) is 15.9. The van der Waals surface area contributed by atoms with Crippen LogP contribution in [0.1, 0.15) is 21.9 Å². The monoisotopic (exact) mass is 372 g/mol. The topological polar surface area (TPSA) is 72.2 Å². The molecule has 0 saturated carbocycles. The van der Waals surface area contributed by atoms with E-state index < -0.39 is 5.97 Å². The van der Waals surface area contributed by atoms with Crippen LogP contribution in [0.3, 0.4) is 0 Å². The largest absolute Gasteiger partial charge is 0.495 e. The summed E-state index contributed by atoms with van der Waals surface area (Å²) < 4.78 is 15.9.